The van der Waals surface area contributed by atoms with Gasteiger partial charge in [-0.3, -0.25) is 10.6 Å². The van der Waals surface area contributed by atoms with E-state index >= 15 is 0 Å². The van der Waals surface area contributed by atoms with E-state index in [0.29, 0.717) is 12.2 Å². The fourth-order valence-corrected chi connectivity index (χ4v) is 2.94. The number of amides is 1. The van der Waals surface area contributed by atoms with Gasteiger partial charge in [-0.05, 0) is 24.3 Å². The van der Waals surface area contributed by atoms with Gasteiger partial charge in [0.15, 0.2) is 0 Å². The van der Waals surface area contributed by atoms with Crippen LogP contribution in [0.5, 0.6) is 0 Å². The molecule has 0 aromatic heterocycles. The Morgan fingerprint density at radius 1 is 1.28 bits per heavy atom. The first-order chi connectivity index (χ1) is 8.51. The van der Waals surface area contributed by atoms with Crippen molar-refractivity contribution in [1.82, 2.24) is 10.0 Å². The summed E-state index contributed by atoms with van der Waals surface area (Å²) in [6.07, 6.45) is 0.168. The monoisotopic (exact) mass is 270 g/mol. The van der Waals surface area contributed by atoms with E-state index in [0.717, 1.165) is 0 Å². The molecule has 1 atom stereocenters. The van der Waals surface area contributed by atoms with E-state index in [-0.39, 0.29) is 17.2 Å². The lowest BCUT2D eigenvalue weighted by Gasteiger charge is -2.11. The smallest absolute Gasteiger partial charge is 0.240 e. The molecule has 0 aliphatic carbocycles. The number of sulfonamides is 1. The highest BCUT2D eigenvalue weighted by molar-refractivity contribution is 7.89. The van der Waals surface area contributed by atoms with Crippen LogP contribution in [0.1, 0.15) is 6.42 Å². The number of anilines is 1. The van der Waals surface area contributed by atoms with Gasteiger partial charge in [0, 0.05) is 24.7 Å². The Hall–Kier alpha value is -1.64. The molecule has 0 bridgehead atoms. The van der Waals surface area contributed by atoms with Crippen LogP contribution in [0.2, 0.25) is 0 Å². The van der Waals surface area contributed by atoms with Gasteiger partial charge in [0.1, 0.15) is 0 Å². The van der Waals surface area contributed by atoms with Gasteiger partial charge in [-0.1, -0.05) is 0 Å². The molecule has 1 amide bonds. The molecule has 7 nitrogen and oxygen atoms in total. The van der Waals surface area contributed by atoms with E-state index in [1.54, 1.807) is 12.1 Å². The molecule has 5 N–H and O–H groups in total. The van der Waals surface area contributed by atoms with Gasteiger partial charge >= 0.3 is 0 Å². The van der Waals surface area contributed by atoms with E-state index in [9.17, 15) is 13.2 Å². The van der Waals surface area contributed by atoms with E-state index in [4.69, 9.17) is 5.84 Å². The molecule has 98 valence electrons. The fourth-order valence-electron chi connectivity index (χ4n) is 1.71. The van der Waals surface area contributed by atoms with Gasteiger partial charge < -0.3 is 10.7 Å². The average molecular weight is 270 g/mol. The van der Waals surface area contributed by atoms with Gasteiger partial charge in [0.05, 0.1) is 4.90 Å². The summed E-state index contributed by atoms with van der Waals surface area (Å²) in [5.74, 6) is 5.05. The molecule has 1 aromatic rings. The Kier molecular flexibility index (Phi) is 3.50. The van der Waals surface area contributed by atoms with Gasteiger partial charge in [-0.15, -0.1) is 0 Å². The van der Waals surface area contributed by atoms with Crippen LogP contribution in [0.3, 0.4) is 0 Å². The second-order valence-corrected chi connectivity index (χ2v) is 5.71. The van der Waals surface area contributed by atoms with E-state index in [1.165, 1.54) is 12.1 Å². The zero-order valence-electron chi connectivity index (χ0n) is 9.51. The summed E-state index contributed by atoms with van der Waals surface area (Å²) in [7, 11) is -3.60. The van der Waals surface area contributed by atoms with Crippen LogP contribution < -0.4 is 21.3 Å². The Balaban J connectivity index is 2.12. The van der Waals surface area contributed by atoms with E-state index in [2.05, 4.69) is 15.5 Å². The molecule has 1 unspecified atom stereocenters. The van der Waals surface area contributed by atoms with Crippen LogP contribution in [0.25, 0.3) is 0 Å². The standard InChI is InChI=1S/C10H14N4O3S/c11-13-7-1-3-9(4-2-7)18(16,17)14-8-5-10(15)12-6-8/h1-4,8,13-14H,5-6,11H2,(H,12,15). The number of rotatable bonds is 4. The highest BCUT2D eigenvalue weighted by Gasteiger charge is 2.26. The van der Waals surface area contributed by atoms with Crippen molar-refractivity contribution >= 4 is 21.6 Å². The zero-order valence-corrected chi connectivity index (χ0v) is 10.3. The van der Waals surface area contributed by atoms with Crippen LogP contribution in [0.4, 0.5) is 5.69 Å². The first-order valence-electron chi connectivity index (χ1n) is 5.37. The molecule has 1 heterocycles. The summed E-state index contributed by atoms with van der Waals surface area (Å²) in [6, 6.07) is 5.62. The highest BCUT2D eigenvalue weighted by Crippen LogP contribution is 2.14. The largest absolute Gasteiger partial charge is 0.354 e. The van der Waals surface area contributed by atoms with Crippen LogP contribution >= 0.6 is 0 Å². The van der Waals surface area contributed by atoms with Crippen LogP contribution in [-0.4, -0.2) is 26.9 Å². The van der Waals surface area contributed by atoms with Crippen molar-refractivity contribution < 1.29 is 13.2 Å². The molecule has 18 heavy (non-hydrogen) atoms. The summed E-state index contributed by atoms with van der Waals surface area (Å²) >= 11 is 0. The molecule has 1 aliphatic rings. The number of nitrogen functional groups attached to an aromatic ring is 1. The summed E-state index contributed by atoms with van der Waals surface area (Å²) in [5.41, 5.74) is 3.03. The normalized spacial score (nSPS) is 19.6. The Labute approximate surface area is 105 Å². The third kappa shape index (κ3) is 2.78. The van der Waals surface area contributed by atoms with Crippen LogP contribution in [0, 0.1) is 0 Å². The van der Waals surface area contributed by atoms with Gasteiger partial charge in [-0.25, -0.2) is 13.1 Å². The molecule has 2 rings (SSSR count). The molecule has 0 spiro atoms. The maximum Gasteiger partial charge on any atom is 0.240 e. The maximum absolute atomic E-state index is 12.0. The number of benzene rings is 1. The number of hydrogen-bond acceptors (Lipinski definition) is 5. The minimum Gasteiger partial charge on any atom is -0.354 e. The number of hydrazine groups is 1. The number of nitrogens with two attached hydrogens (primary N) is 1. The zero-order chi connectivity index (χ0) is 13.2. The number of carbonyl (C=O) groups excluding carboxylic acids is 1. The molecular weight excluding hydrogens is 256 g/mol. The van der Waals surface area contributed by atoms with Crippen molar-refractivity contribution in [2.75, 3.05) is 12.0 Å². The SMILES string of the molecule is NNc1ccc(S(=O)(=O)NC2CNC(=O)C2)cc1. The minimum atomic E-state index is -3.60. The van der Waals surface area contributed by atoms with Gasteiger partial charge in [0.25, 0.3) is 0 Å². The van der Waals surface area contributed by atoms with Crippen molar-refractivity contribution in [3.05, 3.63) is 24.3 Å². The van der Waals surface area contributed by atoms with Crippen molar-refractivity contribution in [1.29, 1.82) is 0 Å². The molecular formula is C10H14N4O3S. The fraction of sp³-hybridized carbons (Fsp3) is 0.300. The number of nitrogens with one attached hydrogen (secondary N) is 3. The quantitative estimate of drug-likeness (QED) is 0.420. The van der Waals surface area contributed by atoms with Crippen LogP contribution in [0.15, 0.2) is 29.2 Å². The van der Waals surface area contributed by atoms with E-state index in [1.807, 2.05) is 0 Å². The maximum atomic E-state index is 12.0. The first kappa shape index (κ1) is 12.8. The van der Waals surface area contributed by atoms with E-state index < -0.39 is 16.1 Å². The summed E-state index contributed by atoms with van der Waals surface area (Å²) in [6.45, 7) is 0.320. The van der Waals surface area contributed by atoms with Gasteiger partial charge in [-0.2, -0.15) is 0 Å². The van der Waals surface area contributed by atoms with Gasteiger partial charge in [0.2, 0.25) is 15.9 Å². The third-order valence-corrected chi connectivity index (χ3v) is 4.17. The lowest BCUT2D eigenvalue weighted by molar-refractivity contribution is -0.119. The third-order valence-electron chi connectivity index (χ3n) is 2.63. The Morgan fingerprint density at radius 3 is 2.44 bits per heavy atom. The van der Waals surface area contributed by atoms with Crippen molar-refractivity contribution in [3.63, 3.8) is 0 Å². The molecule has 1 aliphatic heterocycles. The molecule has 0 radical (unpaired) electrons. The van der Waals surface area contributed by atoms with Crippen molar-refractivity contribution in [3.8, 4) is 0 Å². The molecule has 0 saturated carbocycles. The summed E-state index contributed by atoms with van der Waals surface area (Å²) in [5, 5.41) is 2.57. The molecule has 1 saturated heterocycles. The van der Waals surface area contributed by atoms with Crippen molar-refractivity contribution in [2.24, 2.45) is 5.84 Å². The van der Waals surface area contributed by atoms with Crippen LogP contribution in [-0.2, 0) is 14.8 Å². The van der Waals surface area contributed by atoms with Crippen molar-refractivity contribution in [2.45, 2.75) is 17.4 Å². The highest BCUT2D eigenvalue weighted by atomic mass is 32.2. The lowest BCUT2D eigenvalue weighted by atomic mass is 10.3. The second kappa shape index (κ2) is 4.92. The lowest BCUT2D eigenvalue weighted by Crippen LogP contribution is -2.36. The summed E-state index contributed by atoms with van der Waals surface area (Å²) in [4.78, 5) is 11.1. The topological polar surface area (TPSA) is 113 Å². The number of carbonyl (C=O) groups is 1. The predicted octanol–water partition coefficient (Wildman–Crippen LogP) is -0.861. The molecule has 1 fully saturated rings. The first-order valence-corrected chi connectivity index (χ1v) is 6.85. The number of hydrogen-bond donors (Lipinski definition) is 4. The Bertz CT molecular complexity index is 541. The Morgan fingerprint density at radius 2 is 1.94 bits per heavy atom. The average Bonchev–Trinajstić information content (AvgIpc) is 2.74. The predicted molar refractivity (Wildman–Crippen MR) is 66.0 cm³/mol. The second-order valence-electron chi connectivity index (χ2n) is 4.00. The molecule has 1 aromatic carbocycles. The summed E-state index contributed by atoms with van der Waals surface area (Å²) < 4.78 is 26.5. The minimum absolute atomic E-state index is 0.140. The molecule has 8 heteroatoms.